The van der Waals surface area contributed by atoms with Crippen LogP contribution in [0.3, 0.4) is 0 Å². The highest BCUT2D eigenvalue weighted by Crippen LogP contribution is 2.25. The van der Waals surface area contributed by atoms with Crippen molar-refractivity contribution in [3.05, 3.63) is 29.8 Å². The molecule has 9 heteroatoms. The number of carboxylic acid groups (broad SMARTS) is 1. The van der Waals surface area contributed by atoms with Crippen LogP contribution in [0.1, 0.15) is 36.5 Å². The van der Waals surface area contributed by atoms with Gasteiger partial charge in [-0.3, -0.25) is 4.79 Å². The van der Waals surface area contributed by atoms with Gasteiger partial charge in [0.05, 0.1) is 22.6 Å². The van der Waals surface area contributed by atoms with Crippen LogP contribution in [-0.4, -0.2) is 61.5 Å². The molecule has 2 N–H and O–H groups in total. The number of rotatable bonds is 5. The van der Waals surface area contributed by atoms with Crippen LogP contribution < -0.4 is 5.32 Å². The summed E-state index contributed by atoms with van der Waals surface area (Å²) in [5.74, 6) is -1.35. The fourth-order valence-electron chi connectivity index (χ4n) is 3.50. The number of carbonyl (C=O) groups is 2. The maximum absolute atomic E-state index is 12.7. The minimum absolute atomic E-state index is 0.00295. The first-order chi connectivity index (χ1) is 12.8. The Labute approximate surface area is 158 Å². The summed E-state index contributed by atoms with van der Waals surface area (Å²) in [5, 5.41) is 11.9. The zero-order valence-corrected chi connectivity index (χ0v) is 15.9. The van der Waals surface area contributed by atoms with Gasteiger partial charge in [0.1, 0.15) is 0 Å². The van der Waals surface area contributed by atoms with Gasteiger partial charge < -0.3 is 15.2 Å². The van der Waals surface area contributed by atoms with Crippen LogP contribution in [0.4, 0.5) is 0 Å². The largest absolute Gasteiger partial charge is 0.478 e. The van der Waals surface area contributed by atoms with Crippen molar-refractivity contribution in [2.45, 2.75) is 43.2 Å². The van der Waals surface area contributed by atoms with Gasteiger partial charge >= 0.3 is 5.97 Å². The Kier molecular flexibility index (Phi) is 5.83. The van der Waals surface area contributed by atoms with Crippen LogP contribution in [0.25, 0.3) is 0 Å². The molecule has 1 aromatic carbocycles. The van der Waals surface area contributed by atoms with E-state index in [9.17, 15) is 18.0 Å². The number of carbonyl (C=O) groups excluding carboxylic acids is 1. The second-order valence-electron chi connectivity index (χ2n) is 6.99. The minimum atomic E-state index is -3.70. The SMILES string of the molecule is CC1OCCC1NC(=O)C1CCN(S(=O)(=O)c2ccc(C(=O)O)cc2)CC1. The molecule has 148 valence electrons. The molecule has 0 spiro atoms. The molecule has 27 heavy (non-hydrogen) atoms. The highest BCUT2D eigenvalue weighted by molar-refractivity contribution is 7.89. The van der Waals surface area contributed by atoms with Gasteiger partial charge in [0, 0.05) is 25.6 Å². The molecule has 2 fully saturated rings. The molecule has 2 atom stereocenters. The van der Waals surface area contributed by atoms with Crippen molar-refractivity contribution < 1.29 is 27.9 Å². The molecule has 2 aliphatic heterocycles. The highest BCUT2D eigenvalue weighted by atomic mass is 32.2. The van der Waals surface area contributed by atoms with E-state index in [1.807, 2.05) is 6.92 Å². The van der Waals surface area contributed by atoms with E-state index in [2.05, 4.69) is 5.32 Å². The fraction of sp³-hybridized carbons (Fsp3) is 0.556. The third-order valence-corrected chi connectivity index (χ3v) is 7.18. The summed E-state index contributed by atoms with van der Waals surface area (Å²) in [5.41, 5.74) is 0.0365. The predicted molar refractivity (Wildman–Crippen MR) is 96.8 cm³/mol. The van der Waals surface area contributed by atoms with Gasteiger partial charge in [0.2, 0.25) is 15.9 Å². The van der Waals surface area contributed by atoms with E-state index in [0.29, 0.717) is 19.4 Å². The van der Waals surface area contributed by atoms with Crippen molar-refractivity contribution in [2.75, 3.05) is 19.7 Å². The van der Waals surface area contributed by atoms with E-state index in [-0.39, 0.29) is 47.5 Å². The lowest BCUT2D eigenvalue weighted by molar-refractivity contribution is -0.127. The standard InChI is InChI=1S/C18H24N2O6S/c1-12-16(8-11-26-12)19-17(21)13-6-9-20(10-7-13)27(24,25)15-4-2-14(3-5-15)18(22)23/h2-5,12-13,16H,6-11H2,1H3,(H,19,21)(H,22,23). The van der Waals surface area contributed by atoms with E-state index in [4.69, 9.17) is 9.84 Å². The Balaban J connectivity index is 1.59. The number of hydrogen-bond acceptors (Lipinski definition) is 5. The fourth-order valence-corrected chi connectivity index (χ4v) is 4.97. The van der Waals surface area contributed by atoms with Crippen molar-refractivity contribution in [1.82, 2.24) is 9.62 Å². The van der Waals surface area contributed by atoms with Gasteiger partial charge in [0.25, 0.3) is 0 Å². The number of amides is 1. The topological polar surface area (TPSA) is 113 Å². The summed E-state index contributed by atoms with van der Waals surface area (Å²) < 4.78 is 32.3. The van der Waals surface area contributed by atoms with Crippen molar-refractivity contribution in [2.24, 2.45) is 5.92 Å². The predicted octanol–water partition coefficient (Wildman–Crippen LogP) is 1.08. The molecule has 3 rings (SSSR count). The molecule has 0 saturated carbocycles. The van der Waals surface area contributed by atoms with E-state index >= 15 is 0 Å². The van der Waals surface area contributed by atoms with Gasteiger partial charge in [-0.25, -0.2) is 13.2 Å². The molecule has 2 heterocycles. The molecule has 0 aromatic heterocycles. The van der Waals surface area contributed by atoms with Crippen LogP contribution >= 0.6 is 0 Å². The molecule has 2 aliphatic rings. The molecule has 8 nitrogen and oxygen atoms in total. The Morgan fingerprint density at radius 2 is 1.78 bits per heavy atom. The first-order valence-electron chi connectivity index (χ1n) is 9.04. The molecule has 0 bridgehead atoms. The van der Waals surface area contributed by atoms with Crippen molar-refractivity contribution in [3.8, 4) is 0 Å². The maximum atomic E-state index is 12.7. The van der Waals surface area contributed by atoms with Crippen molar-refractivity contribution in [1.29, 1.82) is 0 Å². The van der Waals surface area contributed by atoms with E-state index in [1.54, 1.807) is 0 Å². The number of aromatic carboxylic acids is 1. The monoisotopic (exact) mass is 396 g/mol. The van der Waals surface area contributed by atoms with Gasteiger partial charge in [-0.05, 0) is 50.5 Å². The van der Waals surface area contributed by atoms with Crippen LogP contribution in [0.15, 0.2) is 29.2 Å². The molecule has 1 amide bonds. The van der Waals surface area contributed by atoms with E-state index < -0.39 is 16.0 Å². The first-order valence-corrected chi connectivity index (χ1v) is 10.5. The lowest BCUT2D eigenvalue weighted by Crippen LogP contribution is -2.46. The Hall–Kier alpha value is -1.97. The van der Waals surface area contributed by atoms with Gasteiger partial charge in [0.15, 0.2) is 0 Å². The third kappa shape index (κ3) is 4.31. The lowest BCUT2D eigenvalue weighted by atomic mass is 9.96. The number of ether oxygens (including phenoxy) is 1. The molecule has 2 saturated heterocycles. The van der Waals surface area contributed by atoms with Gasteiger partial charge in [-0.1, -0.05) is 0 Å². The molecule has 0 radical (unpaired) electrons. The van der Waals surface area contributed by atoms with Gasteiger partial charge in [-0.15, -0.1) is 0 Å². The van der Waals surface area contributed by atoms with Gasteiger partial charge in [-0.2, -0.15) is 4.31 Å². The molecular formula is C18H24N2O6S. The van der Waals surface area contributed by atoms with Crippen LogP contribution in [0.2, 0.25) is 0 Å². The summed E-state index contributed by atoms with van der Waals surface area (Å²) in [6, 6.07) is 5.19. The average molecular weight is 396 g/mol. The van der Waals surface area contributed by atoms with Crippen molar-refractivity contribution >= 4 is 21.9 Å². The number of hydrogen-bond donors (Lipinski definition) is 2. The summed E-state index contributed by atoms with van der Waals surface area (Å²) in [7, 11) is -3.70. The van der Waals surface area contributed by atoms with Crippen LogP contribution in [-0.2, 0) is 19.6 Å². The summed E-state index contributed by atoms with van der Waals surface area (Å²) >= 11 is 0. The number of piperidine rings is 1. The summed E-state index contributed by atoms with van der Waals surface area (Å²) in [4.78, 5) is 23.4. The molecule has 2 unspecified atom stereocenters. The number of sulfonamides is 1. The number of nitrogens with zero attached hydrogens (tertiary/aromatic N) is 1. The smallest absolute Gasteiger partial charge is 0.335 e. The number of carboxylic acids is 1. The Morgan fingerprint density at radius 3 is 2.30 bits per heavy atom. The van der Waals surface area contributed by atoms with Crippen LogP contribution in [0.5, 0.6) is 0 Å². The zero-order valence-electron chi connectivity index (χ0n) is 15.1. The summed E-state index contributed by atoms with van der Waals surface area (Å²) in [6.45, 7) is 3.10. The van der Waals surface area contributed by atoms with E-state index in [1.165, 1.54) is 28.6 Å². The minimum Gasteiger partial charge on any atom is -0.478 e. The zero-order chi connectivity index (χ0) is 19.6. The molecular weight excluding hydrogens is 372 g/mol. The number of benzene rings is 1. The third-order valence-electron chi connectivity index (χ3n) is 5.27. The van der Waals surface area contributed by atoms with Crippen LogP contribution in [0, 0.1) is 5.92 Å². The van der Waals surface area contributed by atoms with Crippen molar-refractivity contribution in [3.63, 3.8) is 0 Å². The molecule has 1 aromatic rings. The van der Waals surface area contributed by atoms with E-state index in [0.717, 1.165) is 6.42 Å². The Bertz CT molecular complexity index is 800. The number of nitrogens with one attached hydrogen (secondary N) is 1. The maximum Gasteiger partial charge on any atom is 0.335 e. The Morgan fingerprint density at radius 1 is 1.15 bits per heavy atom. The quantitative estimate of drug-likeness (QED) is 0.770. The normalized spacial score (nSPS) is 24.6. The second-order valence-corrected chi connectivity index (χ2v) is 8.93. The second kappa shape index (κ2) is 7.95. The highest BCUT2D eigenvalue weighted by Gasteiger charge is 2.34. The lowest BCUT2D eigenvalue weighted by Gasteiger charge is -2.31. The first kappa shape index (κ1) is 19.8. The summed E-state index contributed by atoms with van der Waals surface area (Å²) in [6.07, 6.45) is 1.72. The molecule has 0 aliphatic carbocycles. The average Bonchev–Trinajstić information content (AvgIpc) is 3.06.